The molecule has 0 bridgehead atoms. The first-order valence-corrected chi connectivity index (χ1v) is 8.60. The van der Waals surface area contributed by atoms with E-state index in [4.69, 9.17) is 0 Å². The number of amides is 3. The highest BCUT2D eigenvalue weighted by atomic mass is 79.9. The van der Waals surface area contributed by atoms with Crippen molar-refractivity contribution in [2.45, 2.75) is 12.5 Å². The molecule has 4 N–H and O–H groups in total. The topological polar surface area (TPSA) is 108 Å². The lowest BCUT2D eigenvalue weighted by Gasteiger charge is -2.15. The highest BCUT2D eigenvalue weighted by molar-refractivity contribution is 9.10. The summed E-state index contributed by atoms with van der Waals surface area (Å²) in [6, 6.07) is 14.3. The van der Waals surface area contributed by atoms with Gasteiger partial charge < -0.3 is 21.1 Å². The summed E-state index contributed by atoms with van der Waals surface area (Å²) in [7, 11) is 0. The number of aliphatic carboxylic acids is 1. The molecule has 0 saturated carbocycles. The van der Waals surface area contributed by atoms with Gasteiger partial charge in [0.2, 0.25) is 5.91 Å². The maximum atomic E-state index is 11.9. The average molecular weight is 420 g/mol. The summed E-state index contributed by atoms with van der Waals surface area (Å²) in [6.45, 7) is -0.332. The number of anilines is 1. The van der Waals surface area contributed by atoms with E-state index in [2.05, 4.69) is 31.9 Å². The average Bonchev–Trinajstić information content (AvgIpc) is 2.62. The zero-order chi connectivity index (χ0) is 18.9. The number of hydrogen-bond acceptors (Lipinski definition) is 3. The Morgan fingerprint density at radius 2 is 1.65 bits per heavy atom. The Balaban J connectivity index is 1.81. The van der Waals surface area contributed by atoms with E-state index < -0.39 is 23.9 Å². The van der Waals surface area contributed by atoms with E-state index >= 15 is 0 Å². The standard InChI is InChI=1S/C18H18BrN3O4/c19-13-6-8-14(9-7-13)21-18(26)20-11-16(23)22-15(17(24)25)10-12-4-2-1-3-5-12/h1-9,15H,10-11H2,(H,22,23)(H,24,25)(H2,20,21,26). The van der Waals surface area contributed by atoms with Gasteiger partial charge in [0.05, 0.1) is 6.54 Å². The zero-order valence-corrected chi connectivity index (χ0v) is 15.3. The second-order valence-corrected chi connectivity index (χ2v) is 6.38. The molecule has 2 aromatic carbocycles. The maximum Gasteiger partial charge on any atom is 0.326 e. The van der Waals surface area contributed by atoms with Crippen molar-refractivity contribution in [2.24, 2.45) is 0 Å². The second kappa shape index (κ2) is 9.57. The van der Waals surface area contributed by atoms with Crippen molar-refractivity contribution in [3.63, 3.8) is 0 Å². The zero-order valence-electron chi connectivity index (χ0n) is 13.7. The minimum Gasteiger partial charge on any atom is -0.480 e. The van der Waals surface area contributed by atoms with Crippen LogP contribution in [-0.4, -0.2) is 35.6 Å². The number of rotatable bonds is 7. The molecule has 1 unspecified atom stereocenters. The summed E-state index contributed by atoms with van der Waals surface area (Å²) in [5.41, 5.74) is 1.36. The molecule has 0 aliphatic carbocycles. The third-order valence-corrected chi connectivity index (χ3v) is 3.96. The molecule has 1 atom stereocenters. The summed E-state index contributed by atoms with van der Waals surface area (Å²) < 4.78 is 0.876. The van der Waals surface area contributed by atoms with Gasteiger partial charge in [0.25, 0.3) is 0 Å². The van der Waals surface area contributed by atoms with Gasteiger partial charge in [0, 0.05) is 16.6 Å². The van der Waals surface area contributed by atoms with E-state index in [1.165, 1.54) is 0 Å². The SMILES string of the molecule is O=C(CNC(=O)Nc1ccc(Br)cc1)NC(Cc1ccccc1)C(=O)O. The first kappa shape index (κ1) is 19.5. The summed E-state index contributed by atoms with van der Waals surface area (Å²) in [4.78, 5) is 35.0. The lowest BCUT2D eigenvalue weighted by molar-refractivity contribution is -0.141. The van der Waals surface area contributed by atoms with Crippen LogP contribution in [0.15, 0.2) is 59.1 Å². The lowest BCUT2D eigenvalue weighted by Crippen LogP contribution is -2.47. The number of hydrogen-bond donors (Lipinski definition) is 4. The number of carboxylic acid groups (broad SMARTS) is 1. The first-order chi connectivity index (χ1) is 12.4. The van der Waals surface area contributed by atoms with Crippen LogP contribution in [0, 0.1) is 0 Å². The predicted octanol–water partition coefficient (Wildman–Crippen LogP) is 2.38. The molecule has 26 heavy (non-hydrogen) atoms. The van der Waals surface area contributed by atoms with Crippen molar-refractivity contribution < 1.29 is 19.5 Å². The van der Waals surface area contributed by atoms with Crippen molar-refractivity contribution in [3.05, 3.63) is 64.6 Å². The van der Waals surface area contributed by atoms with Gasteiger partial charge in [-0.15, -0.1) is 0 Å². The first-order valence-electron chi connectivity index (χ1n) is 7.80. The molecule has 2 aromatic rings. The van der Waals surface area contributed by atoms with Crippen LogP contribution in [0.3, 0.4) is 0 Å². The number of halogens is 1. The number of carboxylic acids is 1. The fourth-order valence-electron chi connectivity index (χ4n) is 2.16. The quantitative estimate of drug-likeness (QED) is 0.552. The van der Waals surface area contributed by atoms with Gasteiger partial charge in [-0.1, -0.05) is 46.3 Å². The largest absolute Gasteiger partial charge is 0.480 e. The van der Waals surface area contributed by atoms with E-state index in [9.17, 15) is 19.5 Å². The van der Waals surface area contributed by atoms with Crippen LogP contribution in [0.5, 0.6) is 0 Å². The van der Waals surface area contributed by atoms with Gasteiger partial charge in [-0.25, -0.2) is 9.59 Å². The van der Waals surface area contributed by atoms with Gasteiger partial charge >= 0.3 is 12.0 Å². The van der Waals surface area contributed by atoms with Crippen LogP contribution < -0.4 is 16.0 Å². The van der Waals surface area contributed by atoms with Gasteiger partial charge in [-0.05, 0) is 29.8 Å². The predicted molar refractivity (Wildman–Crippen MR) is 101 cm³/mol. The van der Waals surface area contributed by atoms with Crippen LogP contribution in [0.4, 0.5) is 10.5 Å². The minimum absolute atomic E-state index is 0.160. The Bertz CT molecular complexity index is 766. The number of carbonyl (C=O) groups excluding carboxylic acids is 2. The minimum atomic E-state index is -1.14. The second-order valence-electron chi connectivity index (χ2n) is 5.46. The molecule has 0 fully saturated rings. The Kier molecular flexibility index (Phi) is 7.16. The normalized spacial score (nSPS) is 11.3. The van der Waals surface area contributed by atoms with E-state index in [0.717, 1.165) is 10.0 Å². The molecular weight excluding hydrogens is 402 g/mol. The molecule has 0 aliphatic heterocycles. The fraction of sp³-hybridized carbons (Fsp3) is 0.167. The number of benzene rings is 2. The van der Waals surface area contributed by atoms with Gasteiger partial charge in [0.1, 0.15) is 6.04 Å². The molecule has 7 nitrogen and oxygen atoms in total. The third kappa shape index (κ3) is 6.56. The smallest absolute Gasteiger partial charge is 0.326 e. The van der Waals surface area contributed by atoms with Crippen LogP contribution in [-0.2, 0) is 16.0 Å². The van der Waals surface area contributed by atoms with Gasteiger partial charge in [0.15, 0.2) is 0 Å². The van der Waals surface area contributed by atoms with Crippen molar-refractivity contribution in [1.29, 1.82) is 0 Å². The summed E-state index contributed by atoms with van der Waals surface area (Å²) in [5, 5.41) is 16.6. The molecule has 0 aliphatic rings. The van der Waals surface area contributed by atoms with Gasteiger partial charge in [-0.3, -0.25) is 4.79 Å². The van der Waals surface area contributed by atoms with Crippen LogP contribution in [0.2, 0.25) is 0 Å². The highest BCUT2D eigenvalue weighted by Gasteiger charge is 2.20. The van der Waals surface area contributed by atoms with Crippen LogP contribution in [0.1, 0.15) is 5.56 Å². The molecule has 136 valence electrons. The van der Waals surface area contributed by atoms with E-state index in [-0.39, 0.29) is 13.0 Å². The van der Waals surface area contributed by atoms with Crippen LogP contribution >= 0.6 is 15.9 Å². The number of carbonyl (C=O) groups is 3. The molecule has 0 saturated heterocycles. The number of urea groups is 1. The van der Waals surface area contributed by atoms with E-state index in [1.807, 2.05) is 6.07 Å². The Morgan fingerprint density at radius 1 is 1.00 bits per heavy atom. The Hall–Kier alpha value is -2.87. The highest BCUT2D eigenvalue weighted by Crippen LogP contribution is 2.13. The molecule has 0 radical (unpaired) electrons. The number of nitrogens with one attached hydrogen (secondary N) is 3. The summed E-state index contributed by atoms with van der Waals surface area (Å²) in [5.74, 6) is -1.72. The van der Waals surface area contributed by atoms with E-state index in [0.29, 0.717) is 5.69 Å². The third-order valence-electron chi connectivity index (χ3n) is 3.43. The Morgan fingerprint density at radius 3 is 2.27 bits per heavy atom. The Labute approximate surface area is 158 Å². The monoisotopic (exact) mass is 419 g/mol. The molecule has 0 aromatic heterocycles. The van der Waals surface area contributed by atoms with Crippen LogP contribution in [0.25, 0.3) is 0 Å². The van der Waals surface area contributed by atoms with Crippen molar-refractivity contribution in [3.8, 4) is 0 Å². The molecule has 3 amide bonds. The van der Waals surface area contributed by atoms with Gasteiger partial charge in [-0.2, -0.15) is 0 Å². The maximum absolute atomic E-state index is 11.9. The lowest BCUT2D eigenvalue weighted by atomic mass is 10.1. The van der Waals surface area contributed by atoms with Crippen molar-refractivity contribution in [1.82, 2.24) is 10.6 Å². The molecule has 0 spiro atoms. The van der Waals surface area contributed by atoms with Crippen molar-refractivity contribution in [2.75, 3.05) is 11.9 Å². The molecule has 8 heteroatoms. The molecule has 0 heterocycles. The summed E-state index contributed by atoms with van der Waals surface area (Å²) >= 11 is 3.29. The van der Waals surface area contributed by atoms with Crippen molar-refractivity contribution >= 4 is 39.5 Å². The summed E-state index contributed by atoms with van der Waals surface area (Å²) in [6.07, 6.45) is 0.160. The van der Waals surface area contributed by atoms with E-state index in [1.54, 1.807) is 48.5 Å². The molecular formula is C18H18BrN3O4. The fourth-order valence-corrected chi connectivity index (χ4v) is 2.43. The molecule has 2 rings (SSSR count).